The zero-order valence-corrected chi connectivity index (χ0v) is 10.6. The SMILES string of the molecule is C=C/C=C/CCCCCCC(C)OC(C)=O. The maximum atomic E-state index is 10.7. The van der Waals surface area contributed by atoms with Crippen LogP contribution in [0.5, 0.6) is 0 Å². The summed E-state index contributed by atoms with van der Waals surface area (Å²) in [5, 5.41) is 0. The summed E-state index contributed by atoms with van der Waals surface area (Å²) >= 11 is 0. The highest BCUT2D eigenvalue weighted by Crippen LogP contribution is 2.09. The first-order valence-corrected chi connectivity index (χ1v) is 6.11. The number of hydrogen-bond acceptors (Lipinski definition) is 2. The summed E-state index contributed by atoms with van der Waals surface area (Å²) in [6.45, 7) is 7.04. The molecule has 0 radical (unpaired) electrons. The number of esters is 1. The fourth-order valence-electron chi connectivity index (χ4n) is 1.58. The molecule has 1 unspecified atom stereocenters. The number of rotatable bonds is 9. The molecule has 1 atom stereocenters. The number of hydrogen-bond donors (Lipinski definition) is 0. The molecule has 0 amide bonds. The van der Waals surface area contributed by atoms with Gasteiger partial charge in [-0.25, -0.2) is 0 Å². The first-order chi connectivity index (χ1) is 7.66. The Morgan fingerprint density at radius 2 is 2.00 bits per heavy atom. The van der Waals surface area contributed by atoms with Crippen molar-refractivity contribution < 1.29 is 9.53 Å². The number of carbonyl (C=O) groups excluding carboxylic acids is 1. The Morgan fingerprint density at radius 3 is 2.62 bits per heavy atom. The lowest BCUT2D eigenvalue weighted by Gasteiger charge is -2.10. The van der Waals surface area contributed by atoms with Gasteiger partial charge in [0.15, 0.2) is 0 Å². The quantitative estimate of drug-likeness (QED) is 0.336. The topological polar surface area (TPSA) is 26.3 Å². The number of ether oxygens (including phenoxy) is 1. The molecule has 92 valence electrons. The van der Waals surface area contributed by atoms with Crippen LogP contribution in [0.2, 0.25) is 0 Å². The minimum Gasteiger partial charge on any atom is -0.463 e. The van der Waals surface area contributed by atoms with Crippen molar-refractivity contribution in [2.75, 3.05) is 0 Å². The predicted molar refractivity (Wildman–Crippen MR) is 68.3 cm³/mol. The van der Waals surface area contributed by atoms with Gasteiger partial charge in [0.1, 0.15) is 0 Å². The fourth-order valence-corrected chi connectivity index (χ4v) is 1.58. The van der Waals surface area contributed by atoms with Gasteiger partial charge in [0.05, 0.1) is 6.10 Å². The monoisotopic (exact) mass is 224 g/mol. The van der Waals surface area contributed by atoms with Crippen LogP contribution in [0.3, 0.4) is 0 Å². The van der Waals surface area contributed by atoms with Gasteiger partial charge in [-0.3, -0.25) is 4.79 Å². The van der Waals surface area contributed by atoms with Gasteiger partial charge >= 0.3 is 5.97 Å². The van der Waals surface area contributed by atoms with E-state index < -0.39 is 0 Å². The average Bonchev–Trinajstić information content (AvgIpc) is 2.21. The molecular formula is C14H24O2. The van der Waals surface area contributed by atoms with Crippen LogP contribution in [-0.4, -0.2) is 12.1 Å². The third-order valence-corrected chi connectivity index (χ3v) is 2.37. The molecule has 0 aromatic carbocycles. The summed E-state index contributed by atoms with van der Waals surface area (Å²) in [4.78, 5) is 10.7. The summed E-state index contributed by atoms with van der Waals surface area (Å²) in [6.07, 6.45) is 12.9. The van der Waals surface area contributed by atoms with Crippen LogP contribution < -0.4 is 0 Å². The van der Waals surface area contributed by atoms with E-state index in [9.17, 15) is 4.79 Å². The van der Waals surface area contributed by atoms with E-state index in [0.717, 1.165) is 19.3 Å². The fraction of sp³-hybridized carbons (Fsp3) is 0.643. The van der Waals surface area contributed by atoms with Crippen molar-refractivity contribution in [1.82, 2.24) is 0 Å². The van der Waals surface area contributed by atoms with Crippen molar-refractivity contribution in [1.29, 1.82) is 0 Å². The lowest BCUT2D eigenvalue weighted by molar-refractivity contribution is -0.145. The van der Waals surface area contributed by atoms with Crippen LogP contribution >= 0.6 is 0 Å². The molecule has 0 spiro atoms. The van der Waals surface area contributed by atoms with Gasteiger partial charge < -0.3 is 4.74 Å². The van der Waals surface area contributed by atoms with E-state index in [4.69, 9.17) is 4.74 Å². The molecule has 16 heavy (non-hydrogen) atoms. The van der Waals surface area contributed by atoms with Crippen molar-refractivity contribution in [2.24, 2.45) is 0 Å². The second-order valence-electron chi connectivity index (χ2n) is 4.08. The van der Waals surface area contributed by atoms with Gasteiger partial charge in [0.2, 0.25) is 0 Å². The van der Waals surface area contributed by atoms with Crippen LogP contribution in [0.4, 0.5) is 0 Å². The van der Waals surface area contributed by atoms with Gasteiger partial charge in [-0.05, 0) is 32.6 Å². The second-order valence-corrected chi connectivity index (χ2v) is 4.08. The molecule has 0 aliphatic carbocycles. The minimum atomic E-state index is -0.179. The zero-order chi connectivity index (χ0) is 12.2. The van der Waals surface area contributed by atoms with Crippen LogP contribution in [0.1, 0.15) is 52.4 Å². The van der Waals surface area contributed by atoms with Crippen molar-refractivity contribution in [2.45, 2.75) is 58.5 Å². The van der Waals surface area contributed by atoms with Crippen LogP contribution in [0.25, 0.3) is 0 Å². The first kappa shape index (κ1) is 14.9. The molecule has 0 aliphatic rings. The lowest BCUT2D eigenvalue weighted by atomic mass is 10.1. The number of allylic oxidation sites excluding steroid dienone is 3. The molecule has 0 aromatic rings. The van der Waals surface area contributed by atoms with Gasteiger partial charge in [0.25, 0.3) is 0 Å². The molecule has 0 aliphatic heterocycles. The maximum Gasteiger partial charge on any atom is 0.302 e. The van der Waals surface area contributed by atoms with Gasteiger partial charge in [-0.15, -0.1) is 0 Å². The van der Waals surface area contributed by atoms with E-state index in [1.165, 1.54) is 26.2 Å². The normalized spacial score (nSPS) is 12.6. The number of carbonyl (C=O) groups is 1. The standard InChI is InChI=1S/C14H24O2/c1-4-5-6-7-8-9-10-11-12-13(2)16-14(3)15/h4-6,13H,1,7-12H2,2-3H3/b6-5+. The Balaban J connectivity index is 3.23. The molecule has 0 fully saturated rings. The Labute approximate surface area is 99.4 Å². The highest BCUT2D eigenvalue weighted by Gasteiger charge is 2.03. The van der Waals surface area contributed by atoms with Crippen molar-refractivity contribution >= 4 is 5.97 Å². The summed E-state index contributed by atoms with van der Waals surface area (Å²) in [6, 6.07) is 0. The van der Waals surface area contributed by atoms with Crippen molar-refractivity contribution in [3.05, 3.63) is 24.8 Å². The second kappa shape index (κ2) is 10.5. The van der Waals surface area contributed by atoms with Crippen LogP contribution in [-0.2, 0) is 9.53 Å². The molecule has 0 bridgehead atoms. The Hall–Kier alpha value is -1.05. The predicted octanol–water partition coefficient (Wildman–Crippen LogP) is 4.02. The highest BCUT2D eigenvalue weighted by atomic mass is 16.5. The van der Waals surface area contributed by atoms with Gasteiger partial charge in [-0.1, -0.05) is 37.6 Å². The smallest absolute Gasteiger partial charge is 0.302 e. The van der Waals surface area contributed by atoms with E-state index in [1.54, 1.807) is 6.08 Å². The summed E-state index contributed by atoms with van der Waals surface area (Å²) in [7, 11) is 0. The average molecular weight is 224 g/mol. The Kier molecular flexibility index (Phi) is 9.78. The Bertz CT molecular complexity index is 219. The molecular weight excluding hydrogens is 200 g/mol. The van der Waals surface area contributed by atoms with Crippen LogP contribution in [0.15, 0.2) is 24.8 Å². The minimum absolute atomic E-state index is 0.0677. The number of unbranched alkanes of at least 4 members (excludes halogenated alkanes) is 4. The molecule has 0 rings (SSSR count). The molecule has 0 aromatic heterocycles. The van der Waals surface area contributed by atoms with Crippen LogP contribution in [0, 0.1) is 0 Å². The summed E-state index contributed by atoms with van der Waals surface area (Å²) < 4.78 is 5.05. The van der Waals surface area contributed by atoms with E-state index in [1.807, 2.05) is 13.0 Å². The molecule has 0 saturated heterocycles. The van der Waals surface area contributed by atoms with E-state index in [0.29, 0.717) is 0 Å². The third-order valence-electron chi connectivity index (χ3n) is 2.37. The Morgan fingerprint density at radius 1 is 1.31 bits per heavy atom. The van der Waals surface area contributed by atoms with E-state index >= 15 is 0 Å². The van der Waals surface area contributed by atoms with Crippen molar-refractivity contribution in [3.8, 4) is 0 Å². The zero-order valence-electron chi connectivity index (χ0n) is 10.6. The van der Waals surface area contributed by atoms with Crippen molar-refractivity contribution in [3.63, 3.8) is 0 Å². The highest BCUT2D eigenvalue weighted by molar-refractivity contribution is 5.66. The molecule has 0 heterocycles. The summed E-state index contributed by atoms with van der Waals surface area (Å²) in [5.41, 5.74) is 0. The molecule has 2 heteroatoms. The molecule has 0 N–H and O–H groups in total. The lowest BCUT2D eigenvalue weighted by Crippen LogP contribution is -2.11. The maximum absolute atomic E-state index is 10.7. The summed E-state index contributed by atoms with van der Waals surface area (Å²) in [5.74, 6) is -0.179. The largest absolute Gasteiger partial charge is 0.463 e. The van der Waals surface area contributed by atoms with E-state index in [2.05, 4.69) is 12.7 Å². The van der Waals surface area contributed by atoms with Gasteiger partial charge in [0, 0.05) is 6.92 Å². The molecule has 2 nitrogen and oxygen atoms in total. The van der Waals surface area contributed by atoms with E-state index in [-0.39, 0.29) is 12.1 Å². The van der Waals surface area contributed by atoms with Gasteiger partial charge in [-0.2, -0.15) is 0 Å². The third kappa shape index (κ3) is 11.0. The first-order valence-electron chi connectivity index (χ1n) is 6.11. The molecule has 0 saturated carbocycles.